The van der Waals surface area contributed by atoms with E-state index in [0.29, 0.717) is 62.3 Å². The summed E-state index contributed by atoms with van der Waals surface area (Å²) in [6, 6.07) is 10.9. The standard InChI is InChI=1S/C34H43F4N3O4/c1-32(2,3)41-20-28(23-9-12-26(45-4)13-10-23)33(35,21-41)31(44)40-17-15-39(16-18-40)29-14-11-25(34(36,37)38)19-27(29)22-5-7-24(8-6-22)30(42)43/h9-14,19,22,24,28H,5-8,15-18,20-21H2,1-4H3,(H,42,43)/t22?,24?,28-,33-/m0/s1. The molecular formula is C34H43F4N3O4. The van der Waals surface area contributed by atoms with E-state index in [1.165, 1.54) is 12.1 Å². The molecule has 2 aliphatic heterocycles. The summed E-state index contributed by atoms with van der Waals surface area (Å²) in [7, 11) is 1.56. The topological polar surface area (TPSA) is 73.3 Å². The first-order valence-corrected chi connectivity index (χ1v) is 15.7. The van der Waals surface area contributed by atoms with Crippen LogP contribution in [-0.2, 0) is 15.8 Å². The van der Waals surface area contributed by atoms with E-state index in [1.54, 1.807) is 24.1 Å². The van der Waals surface area contributed by atoms with Crippen molar-refractivity contribution in [3.8, 4) is 5.75 Å². The van der Waals surface area contributed by atoms with Crippen molar-refractivity contribution in [1.29, 1.82) is 0 Å². The van der Waals surface area contributed by atoms with Gasteiger partial charge in [-0.15, -0.1) is 0 Å². The van der Waals surface area contributed by atoms with Gasteiger partial charge in [0, 0.05) is 56.4 Å². The summed E-state index contributed by atoms with van der Waals surface area (Å²) in [4.78, 5) is 31.0. The molecule has 3 fully saturated rings. The lowest BCUT2D eigenvalue weighted by Gasteiger charge is -2.41. The number of alkyl halides is 4. The summed E-state index contributed by atoms with van der Waals surface area (Å²) in [5.74, 6) is -2.13. The number of halogens is 4. The fourth-order valence-electron chi connectivity index (χ4n) is 7.16. The van der Waals surface area contributed by atoms with E-state index in [0.717, 1.165) is 11.6 Å². The van der Waals surface area contributed by atoms with E-state index in [1.807, 2.05) is 42.7 Å². The lowest BCUT2D eigenvalue weighted by molar-refractivity contribution is -0.145. The molecule has 0 aromatic heterocycles. The number of carboxylic acid groups (broad SMARTS) is 1. The van der Waals surface area contributed by atoms with Crippen molar-refractivity contribution in [2.24, 2.45) is 5.92 Å². The molecule has 0 bridgehead atoms. The molecule has 0 radical (unpaired) electrons. The van der Waals surface area contributed by atoms with Crippen molar-refractivity contribution < 1.29 is 37.0 Å². The Morgan fingerprint density at radius 2 is 1.56 bits per heavy atom. The highest BCUT2D eigenvalue weighted by molar-refractivity contribution is 5.88. The predicted molar refractivity (Wildman–Crippen MR) is 163 cm³/mol. The van der Waals surface area contributed by atoms with Gasteiger partial charge in [-0.05, 0) is 93.8 Å². The molecule has 7 nitrogen and oxygen atoms in total. The number of ether oxygens (including phenoxy) is 1. The largest absolute Gasteiger partial charge is 0.497 e. The molecule has 2 atom stereocenters. The summed E-state index contributed by atoms with van der Waals surface area (Å²) >= 11 is 0. The maximum atomic E-state index is 17.1. The Morgan fingerprint density at radius 1 is 0.933 bits per heavy atom. The normalized spacial score (nSPS) is 26.6. The Bertz CT molecular complexity index is 1380. The van der Waals surface area contributed by atoms with Gasteiger partial charge in [0.1, 0.15) is 5.75 Å². The molecule has 5 rings (SSSR count). The molecule has 1 amide bonds. The van der Waals surface area contributed by atoms with E-state index >= 15 is 4.39 Å². The highest BCUT2D eigenvalue weighted by Crippen LogP contribution is 2.45. The zero-order valence-corrected chi connectivity index (χ0v) is 26.4. The van der Waals surface area contributed by atoms with Crippen molar-refractivity contribution in [2.45, 2.75) is 75.7 Å². The Morgan fingerprint density at radius 3 is 2.09 bits per heavy atom. The first-order valence-electron chi connectivity index (χ1n) is 15.7. The van der Waals surface area contributed by atoms with Crippen LogP contribution in [0.3, 0.4) is 0 Å². The fourth-order valence-corrected chi connectivity index (χ4v) is 7.16. The third-order valence-corrected chi connectivity index (χ3v) is 9.98. The number of amides is 1. The number of carboxylic acids is 1. The molecule has 3 aliphatic rings. The van der Waals surface area contributed by atoms with Crippen LogP contribution in [0.25, 0.3) is 0 Å². The molecule has 1 aliphatic carbocycles. The lowest BCUT2D eigenvalue weighted by atomic mass is 9.77. The SMILES string of the molecule is COc1ccc([C@@H]2CN(C(C)(C)C)C[C@@]2(F)C(=O)N2CCN(c3ccc(C(F)(F)F)cc3C3CCC(C(=O)O)CC3)CC2)cc1. The van der Waals surface area contributed by atoms with Crippen LogP contribution in [0.1, 0.15) is 75.0 Å². The molecule has 2 saturated heterocycles. The monoisotopic (exact) mass is 633 g/mol. The predicted octanol–water partition coefficient (Wildman–Crippen LogP) is 6.33. The average molecular weight is 634 g/mol. The van der Waals surface area contributed by atoms with Crippen LogP contribution >= 0.6 is 0 Å². The van der Waals surface area contributed by atoms with E-state index in [9.17, 15) is 27.9 Å². The number of piperazine rings is 1. The molecule has 1 saturated carbocycles. The second-order valence-electron chi connectivity index (χ2n) is 13.7. The summed E-state index contributed by atoms with van der Waals surface area (Å²) in [6.07, 6.45) is -2.69. The van der Waals surface area contributed by atoms with Crippen molar-refractivity contribution >= 4 is 17.6 Å². The number of rotatable bonds is 6. The quantitative estimate of drug-likeness (QED) is 0.375. The first kappa shape index (κ1) is 33.0. The maximum absolute atomic E-state index is 17.1. The molecule has 0 unspecified atom stereocenters. The molecule has 1 N–H and O–H groups in total. The minimum atomic E-state index is -4.51. The number of aliphatic carboxylic acids is 1. The first-order chi connectivity index (χ1) is 21.1. The highest BCUT2D eigenvalue weighted by Gasteiger charge is 2.57. The highest BCUT2D eigenvalue weighted by atomic mass is 19.4. The van der Waals surface area contributed by atoms with Gasteiger partial charge in [0.05, 0.1) is 18.6 Å². The molecular weight excluding hydrogens is 590 g/mol. The number of carbonyl (C=O) groups is 2. The number of benzene rings is 2. The minimum absolute atomic E-state index is 0.0334. The van der Waals surface area contributed by atoms with Crippen LogP contribution in [0.4, 0.5) is 23.2 Å². The number of methoxy groups -OCH3 is 1. The second kappa shape index (κ2) is 12.5. The van der Waals surface area contributed by atoms with Gasteiger partial charge in [0.15, 0.2) is 0 Å². The molecule has 2 heterocycles. The Kier molecular flexibility index (Phi) is 9.14. The number of hydrogen-bond donors (Lipinski definition) is 1. The van der Waals surface area contributed by atoms with Gasteiger partial charge in [0.2, 0.25) is 5.67 Å². The summed E-state index contributed by atoms with van der Waals surface area (Å²) < 4.78 is 63.6. The van der Waals surface area contributed by atoms with Crippen molar-refractivity contribution in [3.63, 3.8) is 0 Å². The zero-order valence-electron chi connectivity index (χ0n) is 26.4. The van der Waals surface area contributed by atoms with Gasteiger partial charge >= 0.3 is 12.1 Å². The van der Waals surface area contributed by atoms with Gasteiger partial charge < -0.3 is 19.6 Å². The molecule has 246 valence electrons. The van der Waals surface area contributed by atoms with Gasteiger partial charge in [-0.25, -0.2) is 4.39 Å². The van der Waals surface area contributed by atoms with Crippen LogP contribution < -0.4 is 9.64 Å². The minimum Gasteiger partial charge on any atom is -0.497 e. The Hall–Kier alpha value is -3.34. The zero-order chi connectivity index (χ0) is 32.7. The number of nitrogens with zero attached hydrogens (tertiary/aromatic N) is 3. The van der Waals surface area contributed by atoms with E-state index < -0.39 is 41.1 Å². The molecule has 2 aromatic carbocycles. The molecule has 45 heavy (non-hydrogen) atoms. The number of hydrogen-bond acceptors (Lipinski definition) is 5. The summed E-state index contributed by atoms with van der Waals surface area (Å²) in [5.41, 5.74) is -1.27. The van der Waals surface area contributed by atoms with Crippen LogP contribution in [-0.4, -0.2) is 84.4 Å². The van der Waals surface area contributed by atoms with Crippen LogP contribution in [0.2, 0.25) is 0 Å². The summed E-state index contributed by atoms with van der Waals surface area (Å²) in [5, 5.41) is 9.40. The second-order valence-corrected chi connectivity index (χ2v) is 13.7. The van der Waals surface area contributed by atoms with E-state index in [-0.39, 0.29) is 31.1 Å². The fraction of sp³-hybridized carbons (Fsp3) is 0.588. The Labute approximate surface area is 262 Å². The van der Waals surface area contributed by atoms with Crippen LogP contribution in [0.15, 0.2) is 42.5 Å². The molecule has 11 heteroatoms. The average Bonchev–Trinajstić information content (AvgIpc) is 3.39. The number of carbonyl (C=O) groups excluding carboxylic acids is 1. The summed E-state index contributed by atoms with van der Waals surface area (Å²) in [6.45, 7) is 7.53. The van der Waals surface area contributed by atoms with Gasteiger partial charge in [-0.1, -0.05) is 12.1 Å². The Balaban J connectivity index is 1.35. The third-order valence-electron chi connectivity index (χ3n) is 9.98. The van der Waals surface area contributed by atoms with Crippen LogP contribution in [0, 0.1) is 5.92 Å². The number of anilines is 1. The molecule has 0 spiro atoms. The maximum Gasteiger partial charge on any atom is 0.416 e. The van der Waals surface area contributed by atoms with Gasteiger partial charge in [-0.2, -0.15) is 13.2 Å². The molecule has 2 aromatic rings. The van der Waals surface area contributed by atoms with Gasteiger partial charge in [0.25, 0.3) is 5.91 Å². The van der Waals surface area contributed by atoms with E-state index in [4.69, 9.17) is 4.74 Å². The van der Waals surface area contributed by atoms with Crippen molar-refractivity contribution in [1.82, 2.24) is 9.80 Å². The van der Waals surface area contributed by atoms with E-state index in [2.05, 4.69) is 0 Å². The van der Waals surface area contributed by atoms with Gasteiger partial charge in [-0.3, -0.25) is 14.5 Å². The number of likely N-dealkylation sites (tertiary alicyclic amines) is 1. The van der Waals surface area contributed by atoms with Crippen molar-refractivity contribution in [3.05, 3.63) is 59.2 Å². The van der Waals surface area contributed by atoms with Crippen LogP contribution in [0.5, 0.6) is 5.75 Å². The smallest absolute Gasteiger partial charge is 0.416 e. The van der Waals surface area contributed by atoms with Crippen molar-refractivity contribution in [2.75, 3.05) is 51.3 Å². The lowest BCUT2D eigenvalue weighted by Crippen LogP contribution is -2.57. The third kappa shape index (κ3) is 6.78.